The van der Waals surface area contributed by atoms with Gasteiger partial charge in [-0.1, -0.05) is 37.3 Å². The minimum Gasteiger partial charge on any atom is -0.399 e. The molecule has 6 nitrogen and oxygen atoms in total. The molecule has 4 aliphatic carbocycles. The third-order valence-corrected chi connectivity index (χ3v) is 12.0. The molecule has 0 aliphatic heterocycles. The van der Waals surface area contributed by atoms with E-state index in [9.17, 15) is 19.8 Å². The highest BCUT2D eigenvalue weighted by atomic mass is 32.2. The zero-order valence-corrected chi connectivity index (χ0v) is 22.2. The molecule has 5 unspecified atom stereocenters. The van der Waals surface area contributed by atoms with E-state index < -0.39 is 17.1 Å². The van der Waals surface area contributed by atoms with E-state index in [1.54, 1.807) is 12.2 Å². The van der Waals surface area contributed by atoms with Gasteiger partial charge in [0.15, 0.2) is 15.9 Å². The summed E-state index contributed by atoms with van der Waals surface area (Å²) in [5, 5.41) is 23.4. The Morgan fingerprint density at radius 1 is 1.31 bits per heavy atom. The molecular formula is C28H32N2O4S2. The molecule has 4 aliphatic rings. The van der Waals surface area contributed by atoms with E-state index in [1.165, 1.54) is 23.1 Å². The van der Waals surface area contributed by atoms with Crippen LogP contribution in [0.25, 0.3) is 10.2 Å². The molecule has 3 saturated carbocycles. The van der Waals surface area contributed by atoms with E-state index in [4.69, 9.17) is 5.73 Å². The molecule has 7 atom stereocenters. The summed E-state index contributed by atoms with van der Waals surface area (Å²) in [6.07, 6.45) is 7.99. The van der Waals surface area contributed by atoms with Crippen LogP contribution < -0.4 is 5.73 Å². The van der Waals surface area contributed by atoms with Crippen LogP contribution in [0, 0.1) is 28.6 Å². The maximum Gasteiger partial charge on any atom is 0.178 e. The Balaban J connectivity index is 1.24. The minimum atomic E-state index is -1.47. The first-order chi connectivity index (χ1) is 17.0. The number of hydrogen-bond acceptors (Lipinski definition) is 8. The van der Waals surface area contributed by atoms with Gasteiger partial charge in [-0.3, -0.25) is 9.59 Å². The average Bonchev–Trinajstić information content (AvgIpc) is 3.35. The second-order valence-corrected chi connectivity index (χ2v) is 13.8. The number of anilines is 1. The van der Waals surface area contributed by atoms with Gasteiger partial charge in [-0.15, -0.1) is 11.3 Å². The van der Waals surface area contributed by atoms with E-state index in [0.717, 1.165) is 39.4 Å². The quantitative estimate of drug-likeness (QED) is 0.397. The van der Waals surface area contributed by atoms with Crippen LogP contribution in [0.3, 0.4) is 0 Å². The number of nitrogens with two attached hydrogens (primary N) is 1. The Kier molecular flexibility index (Phi) is 5.58. The van der Waals surface area contributed by atoms with Crippen molar-refractivity contribution in [2.75, 3.05) is 11.5 Å². The van der Waals surface area contributed by atoms with Crippen molar-refractivity contribution in [1.82, 2.24) is 4.98 Å². The number of carbonyl (C=O) groups is 2. The first kappa shape index (κ1) is 24.3. The molecule has 0 bridgehead atoms. The molecule has 0 saturated heterocycles. The van der Waals surface area contributed by atoms with Crippen LogP contribution in [0.15, 0.2) is 46.3 Å². The number of nitrogens with zero attached hydrogens (tertiary/aromatic N) is 1. The summed E-state index contributed by atoms with van der Waals surface area (Å²) in [6.45, 7) is 4.15. The average molecular weight is 525 g/mol. The molecule has 8 heteroatoms. The molecule has 3 fully saturated rings. The van der Waals surface area contributed by atoms with Crippen LogP contribution >= 0.6 is 23.1 Å². The van der Waals surface area contributed by atoms with Crippen molar-refractivity contribution < 1.29 is 19.8 Å². The number of thiazole rings is 1. The summed E-state index contributed by atoms with van der Waals surface area (Å²) in [7, 11) is 0. The summed E-state index contributed by atoms with van der Waals surface area (Å²) < 4.78 is 1.77. The van der Waals surface area contributed by atoms with Crippen molar-refractivity contribution in [3.63, 3.8) is 0 Å². The number of thioether (sulfide) groups is 1. The van der Waals surface area contributed by atoms with Gasteiger partial charge in [-0.05, 0) is 74.3 Å². The van der Waals surface area contributed by atoms with Crippen LogP contribution in [-0.2, 0) is 9.59 Å². The predicted octanol–water partition coefficient (Wildman–Crippen LogP) is 4.55. The topological polar surface area (TPSA) is 114 Å². The van der Waals surface area contributed by atoms with Gasteiger partial charge >= 0.3 is 0 Å². The van der Waals surface area contributed by atoms with Gasteiger partial charge in [-0.2, -0.15) is 0 Å². The second kappa shape index (κ2) is 8.25. The Labute approximate surface area is 219 Å². The lowest BCUT2D eigenvalue weighted by atomic mass is 9.46. The number of ketones is 2. The molecule has 1 aromatic carbocycles. The lowest BCUT2D eigenvalue weighted by Crippen LogP contribution is -2.61. The number of aromatic nitrogens is 1. The minimum absolute atomic E-state index is 0.0121. The highest BCUT2D eigenvalue weighted by Crippen LogP contribution is 2.67. The molecule has 0 radical (unpaired) electrons. The lowest BCUT2D eigenvalue weighted by Gasteiger charge is -2.59. The SMILES string of the molecule is CC12C=CC(=O)C=C1CCC1C2[C@@H](O)CC2(C)C1CC[C@]2(O)C(=O)CSc1nc2ccc(N)cc2s1. The highest BCUT2D eigenvalue weighted by Gasteiger charge is 2.67. The number of fused-ring (bicyclic) bond motifs is 6. The molecule has 1 heterocycles. The molecule has 0 spiro atoms. The van der Waals surface area contributed by atoms with Crippen molar-refractivity contribution in [2.45, 2.75) is 62.0 Å². The fourth-order valence-electron chi connectivity index (χ4n) is 8.02. The number of Topliss-reactive ketones (excluding diaryl/α,β-unsaturated/α-hetero) is 1. The smallest absolute Gasteiger partial charge is 0.178 e. The zero-order chi connectivity index (χ0) is 25.5. The van der Waals surface area contributed by atoms with Gasteiger partial charge in [0.1, 0.15) is 5.60 Å². The highest BCUT2D eigenvalue weighted by molar-refractivity contribution is 8.01. The number of aliphatic hydroxyl groups excluding tert-OH is 1. The maximum atomic E-state index is 13.6. The van der Waals surface area contributed by atoms with E-state index in [1.807, 2.05) is 31.2 Å². The fraction of sp³-hybridized carbons (Fsp3) is 0.536. The number of aliphatic hydroxyl groups is 2. The molecule has 0 amide bonds. The first-order valence-electron chi connectivity index (χ1n) is 12.7. The number of benzene rings is 1. The van der Waals surface area contributed by atoms with Crippen LogP contribution in [0.2, 0.25) is 0 Å². The van der Waals surface area contributed by atoms with Gasteiger partial charge < -0.3 is 15.9 Å². The van der Waals surface area contributed by atoms with E-state index in [2.05, 4.69) is 11.9 Å². The summed E-state index contributed by atoms with van der Waals surface area (Å²) in [4.78, 5) is 30.2. The first-order valence-corrected chi connectivity index (χ1v) is 14.5. The molecule has 2 aromatic rings. The van der Waals surface area contributed by atoms with Crippen molar-refractivity contribution in [3.05, 3.63) is 42.0 Å². The van der Waals surface area contributed by atoms with Crippen molar-refractivity contribution in [2.24, 2.45) is 28.6 Å². The van der Waals surface area contributed by atoms with E-state index in [0.29, 0.717) is 18.5 Å². The summed E-state index contributed by atoms with van der Waals surface area (Å²) in [5.41, 5.74) is 6.03. The molecule has 36 heavy (non-hydrogen) atoms. The van der Waals surface area contributed by atoms with Crippen molar-refractivity contribution in [3.8, 4) is 0 Å². The number of hydrogen-bond donors (Lipinski definition) is 3. The van der Waals surface area contributed by atoms with Gasteiger partial charge in [0.25, 0.3) is 0 Å². The van der Waals surface area contributed by atoms with Gasteiger partial charge in [-0.25, -0.2) is 4.98 Å². The second-order valence-electron chi connectivity index (χ2n) is 11.5. The lowest BCUT2D eigenvalue weighted by molar-refractivity contribution is -0.174. The summed E-state index contributed by atoms with van der Waals surface area (Å²) in [6, 6.07) is 5.58. The maximum absolute atomic E-state index is 13.6. The van der Waals surface area contributed by atoms with E-state index in [-0.39, 0.29) is 40.5 Å². The predicted molar refractivity (Wildman–Crippen MR) is 143 cm³/mol. The number of nitrogen functional groups attached to an aromatic ring is 1. The molecule has 4 N–H and O–H groups in total. The zero-order valence-electron chi connectivity index (χ0n) is 20.6. The normalized spacial score (nSPS) is 39.4. The fourth-order valence-corrected chi connectivity index (χ4v) is 10.1. The van der Waals surface area contributed by atoms with Crippen LogP contribution in [0.1, 0.15) is 46.0 Å². The van der Waals surface area contributed by atoms with Gasteiger partial charge in [0.2, 0.25) is 0 Å². The monoisotopic (exact) mass is 524 g/mol. The van der Waals surface area contributed by atoms with Crippen molar-refractivity contribution >= 4 is 50.6 Å². The van der Waals surface area contributed by atoms with Gasteiger partial charge in [0, 0.05) is 22.4 Å². The third kappa shape index (κ3) is 3.41. The Bertz CT molecular complexity index is 1330. The Morgan fingerprint density at radius 3 is 2.92 bits per heavy atom. The molecule has 6 rings (SSSR count). The van der Waals surface area contributed by atoms with Crippen LogP contribution in [-0.4, -0.2) is 44.2 Å². The van der Waals surface area contributed by atoms with Gasteiger partial charge in [0.05, 0.1) is 22.1 Å². The summed E-state index contributed by atoms with van der Waals surface area (Å²) >= 11 is 2.87. The summed E-state index contributed by atoms with van der Waals surface area (Å²) in [5.74, 6) is 0.330. The largest absolute Gasteiger partial charge is 0.399 e. The Morgan fingerprint density at radius 2 is 2.11 bits per heavy atom. The number of allylic oxidation sites excluding steroid dienone is 4. The number of rotatable bonds is 4. The molecule has 190 valence electrons. The van der Waals surface area contributed by atoms with E-state index >= 15 is 0 Å². The molecular weight excluding hydrogens is 492 g/mol. The third-order valence-electron chi connectivity index (χ3n) is 9.83. The number of carbonyl (C=O) groups excluding carboxylic acids is 2. The van der Waals surface area contributed by atoms with Crippen LogP contribution in [0.5, 0.6) is 0 Å². The van der Waals surface area contributed by atoms with Crippen molar-refractivity contribution in [1.29, 1.82) is 0 Å². The standard InChI is InChI=1S/C28H32N2O4S2/c1-26-9-7-17(31)11-15(26)3-5-18-19-8-10-28(34,27(19,2)13-21(32)24(18)26)23(33)14-35-25-30-20-6-4-16(29)12-22(20)36-25/h4,6-7,9,11-12,18-19,21,24,32,34H,3,5,8,10,13-14,29H2,1-2H3/t18?,19?,21-,24?,26?,27?,28-/m0/s1. The Hall–Kier alpha value is -2.00. The molecule has 1 aromatic heterocycles. The van der Waals surface area contributed by atoms with Crippen LogP contribution in [0.4, 0.5) is 5.69 Å².